The summed E-state index contributed by atoms with van der Waals surface area (Å²) in [5, 5.41) is 8.62. The number of carbonyl (C=O) groups excluding carboxylic acids is 2. The predicted octanol–water partition coefficient (Wildman–Crippen LogP) is 3.82. The molecule has 0 bridgehead atoms. The van der Waals surface area contributed by atoms with Gasteiger partial charge in [0.25, 0.3) is 5.91 Å². The minimum atomic E-state index is -0.236. The number of thiazole rings is 1. The number of hydrogen-bond donors (Lipinski definition) is 2. The Morgan fingerprint density at radius 3 is 2.28 bits per heavy atom. The maximum atomic E-state index is 12.2. The van der Waals surface area contributed by atoms with Crippen LogP contribution in [0.1, 0.15) is 32.1 Å². The Balaban J connectivity index is 1.42. The largest absolute Gasteiger partial charge is 0.354 e. The molecule has 29 heavy (non-hydrogen) atoms. The van der Waals surface area contributed by atoms with E-state index in [2.05, 4.69) is 45.3 Å². The number of nitrogens with one attached hydrogen (secondary N) is 2. The van der Waals surface area contributed by atoms with Crippen LogP contribution in [0.2, 0.25) is 0 Å². The first-order valence-electron chi connectivity index (χ1n) is 9.55. The first-order valence-corrected chi connectivity index (χ1v) is 10.4. The van der Waals surface area contributed by atoms with Gasteiger partial charge in [-0.25, -0.2) is 4.98 Å². The van der Waals surface area contributed by atoms with Crippen LogP contribution >= 0.6 is 11.3 Å². The molecule has 2 N–H and O–H groups in total. The second kappa shape index (κ2) is 9.47. The Morgan fingerprint density at radius 2 is 1.66 bits per heavy atom. The summed E-state index contributed by atoms with van der Waals surface area (Å²) in [6.07, 6.45) is 0.729. The molecule has 3 rings (SSSR count). The summed E-state index contributed by atoms with van der Waals surface area (Å²) in [5.74, 6) is -0.433. The van der Waals surface area contributed by atoms with E-state index < -0.39 is 0 Å². The van der Waals surface area contributed by atoms with E-state index in [-0.39, 0.29) is 18.4 Å². The maximum Gasteiger partial charge on any atom is 0.251 e. The lowest BCUT2D eigenvalue weighted by Gasteiger charge is -2.08. The van der Waals surface area contributed by atoms with Gasteiger partial charge in [-0.15, -0.1) is 11.3 Å². The van der Waals surface area contributed by atoms with Crippen molar-refractivity contribution in [3.8, 4) is 11.3 Å². The minimum absolute atomic E-state index is 0.0338. The third kappa shape index (κ3) is 5.99. The molecule has 1 heterocycles. The van der Waals surface area contributed by atoms with Gasteiger partial charge in [-0.2, -0.15) is 0 Å². The second-order valence-electron chi connectivity index (χ2n) is 7.11. The third-order valence-electron chi connectivity index (χ3n) is 4.50. The third-order valence-corrected chi connectivity index (χ3v) is 5.27. The SMILES string of the molecule is Cc1cc(C)cc(C(=O)NCC(=O)NCCc2ccc(-c3csc(C)n3)cc2)c1. The highest BCUT2D eigenvalue weighted by Gasteiger charge is 2.09. The van der Waals surface area contributed by atoms with Crippen molar-refractivity contribution in [2.45, 2.75) is 27.2 Å². The van der Waals surface area contributed by atoms with Crippen LogP contribution in [0.5, 0.6) is 0 Å². The van der Waals surface area contributed by atoms with Gasteiger partial charge >= 0.3 is 0 Å². The van der Waals surface area contributed by atoms with E-state index in [9.17, 15) is 9.59 Å². The van der Waals surface area contributed by atoms with Gasteiger partial charge in [0.05, 0.1) is 17.2 Å². The molecule has 0 saturated carbocycles. The summed E-state index contributed by atoms with van der Waals surface area (Å²) < 4.78 is 0. The standard InChI is InChI=1S/C23H25N3O2S/c1-15-10-16(2)12-20(11-15)23(28)25-13-22(27)24-9-8-18-4-6-19(7-5-18)21-14-29-17(3)26-21/h4-7,10-12,14H,8-9,13H2,1-3H3,(H,24,27)(H,25,28). The van der Waals surface area contributed by atoms with Crippen molar-refractivity contribution in [1.29, 1.82) is 0 Å². The maximum absolute atomic E-state index is 12.2. The van der Waals surface area contributed by atoms with Crippen molar-refractivity contribution in [2.24, 2.45) is 0 Å². The molecule has 0 spiro atoms. The monoisotopic (exact) mass is 407 g/mol. The quantitative estimate of drug-likeness (QED) is 0.625. The Labute approximate surface area is 175 Å². The summed E-state index contributed by atoms with van der Waals surface area (Å²) in [6, 6.07) is 13.9. The fourth-order valence-corrected chi connectivity index (χ4v) is 3.74. The van der Waals surface area contributed by atoms with E-state index in [0.29, 0.717) is 12.1 Å². The molecule has 0 aliphatic heterocycles. The molecule has 3 aromatic rings. The molecule has 0 aliphatic rings. The van der Waals surface area contributed by atoms with E-state index >= 15 is 0 Å². The Bertz CT molecular complexity index is 989. The molecular weight excluding hydrogens is 382 g/mol. The second-order valence-corrected chi connectivity index (χ2v) is 8.17. The Hall–Kier alpha value is -2.99. The number of benzene rings is 2. The molecule has 0 radical (unpaired) electrons. The van der Waals surface area contributed by atoms with Gasteiger partial charge in [0, 0.05) is 23.1 Å². The summed E-state index contributed by atoms with van der Waals surface area (Å²) in [5.41, 5.74) is 5.85. The smallest absolute Gasteiger partial charge is 0.251 e. The van der Waals surface area contributed by atoms with Crippen LogP contribution in [0.3, 0.4) is 0 Å². The molecule has 0 atom stereocenters. The lowest BCUT2D eigenvalue weighted by molar-refractivity contribution is -0.120. The number of nitrogens with zero attached hydrogens (tertiary/aromatic N) is 1. The molecule has 0 saturated heterocycles. The number of hydrogen-bond acceptors (Lipinski definition) is 4. The van der Waals surface area contributed by atoms with Gasteiger partial charge in [0.15, 0.2) is 0 Å². The molecule has 1 aromatic heterocycles. The lowest BCUT2D eigenvalue weighted by Crippen LogP contribution is -2.37. The van der Waals surface area contributed by atoms with E-state index in [1.54, 1.807) is 11.3 Å². The topological polar surface area (TPSA) is 71.1 Å². The summed E-state index contributed by atoms with van der Waals surface area (Å²) in [7, 11) is 0. The zero-order valence-electron chi connectivity index (χ0n) is 16.9. The highest BCUT2D eigenvalue weighted by molar-refractivity contribution is 7.09. The van der Waals surface area contributed by atoms with Crippen LogP contribution in [0, 0.1) is 20.8 Å². The molecule has 2 amide bonds. The van der Waals surface area contributed by atoms with Crippen molar-refractivity contribution >= 4 is 23.2 Å². The number of carbonyl (C=O) groups is 2. The predicted molar refractivity (Wildman–Crippen MR) is 117 cm³/mol. The zero-order chi connectivity index (χ0) is 20.8. The van der Waals surface area contributed by atoms with Gasteiger partial charge < -0.3 is 10.6 Å². The van der Waals surface area contributed by atoms with Gasteiger partial charge in [-0.1, -0.05) is 41.5 Å². The first-order chi connectivity index (χ1) is 13.9. The van der Waals surface area contributed by atoms with Crippen LogP contribution in [-0.4, -0.2) is 29.9 Å². The van der Waals surface area contributed by atoms with E-state index in [4.69, 9.17) is 0 Å². The summed E-state index contributed by atoms with van der Waals surface area (Å²) >= 11 is 1.64. The van der Waals surface area contributed by atoms with Gasteiger partial charge in [-0.05, 0) is 44.9 Å². The Kier molecular flexibility index (Phi) is 6.77. The van der Waals surface area contributed by atoms with Crippen LogP contribution in [-0.2, 0) is 11.2 Å². The van der Waals surface area contributed by atoms with Crippen molar-refractivity contribution in [3.63, 3.8) is 0 Å². The molecule has 0 aliphatic carbocycles. The average Bonchev–Trinajstić information content (AvgIpc) is 3.12. The molecule has 0 unspecified atom stereocenters. The van der Waals surface area contributed by atoms with Crippen LogP contribution in [0.15, 0.2) is 47.8 Å². The van der Waals surface area contributed by atoms with Crippen molar-refractivity contribution in [2.75, 3.05) is 13.1 Å². The van der Waals surface area contributed by atoms with Gasteiger partial charge in [0.1, 0.15) is 0 Å². The minimum Gasteiger partial charge on any atom is -0.354 e. The number of aromatic nitrogens is 1. The van der Waals surface area contributed by atoms with E-state index in [1.165, 1.54) is 0 Å². The number of aryl methyl sites for hydroxylation is 3. The summed E-state index contributed by atoms with van der Waals surface area (Å²) in [4.78, 5) is 28.7. The van der Waals surface area contributed by atoms with Crippen molar-refractivity contribution in [3.05, 3.63) is 75.1 Å². The molecular formula is C23H25N3O2S. The van der Waals surface area contributed by atoms with Crippen LogP contribution in [0.4, 0.5) is 0 Å². The lowest BCUT2D eigenvalue weighted by atomic mass is 10.1. The highest BCUT2D eigenvalue weighted by atomic mass is 32.1. The van der Waals surface area contributed by atoms with E-state index in [0.717, 1.165) is 39.4 Å². The Morgan fingerprint density at radius 1 is 0.966 bits per heavy atom. The zero-order valence-corrected chi connectivity index (χ0v) is 17.7. The molecule has 2 aromatic carbocycles. The molecule has 150 valence electrons. The average molecular weight is 408 g/mol. The number of amides is 2. The van der Waals surface area contributed by atoms with Crippen molar-refractivity contribution < 1.29 is 9.59 Å². The van der Waals surface area contributed by atoms with Gasteiger partial charge in [0.2, 0.25) is 5.91 Å². The summed E-state index contributed by atoms with van der Waals surface area (Å²) in [6.45, 7) is 6.37. The van der Waals surface area contributed by atoms with Crippen LogP contribution < -0.4 is 10.6 Å². The van der Waals surface area contributed by atoms with Gasteiger partial charge in [-0.3, -0.25) is 9.59 Å². The highest BCUT2D eigenvalue weighted by Crippen LogP contribution is 2.21. The molecule has 6 heteroatoms. The van der Waals surface area contributed by atoms with E-state index in [1.807, 2.05) is 39.0 Å². The fourth-order valence-electron chi connectivity index (χ4n) is 3.12. The van der Waals surface area contributed by atoms with Crippen molar-refractivity contribution in [1.82, 2.24) is 15.6 Å². The normalized spacial score (nSPS) is 10.6. The first kappa shape index (κ1) is 20.7. The fraction of sp³-hybridized carbons (Fsp3) is 0.261. The van der Waals surface area contributed by atoms with Crippen LogP contribution in [0.25, 0.3) is 11.3 Å². The molecule has 5 nitrogen and oxygen atoms in total. The molecule has 0 fully saturated rings. The number of rotatable bonds is 7.